The van der Waals surface area contributed by atoms with Gasteiger partial charge in [-0.15, -0.1) is 0 Å². The van der Waals surface area contributed by atoms with Crippen LogP contribution in [0.4, 0.5) is 0 Å². The molecule has 0 bridgehead atoms. The summed E-state index contributed by atoms with van der Waals surface area (Å²) in [6, 6.07) is 10.6. The van der Waals surface area contributed by atoms with Crippen LogP contribution in [0, 0.1) is 29.1 Å². The lowest BCUT2D eigenvalue weighted by Gasteiger charge is -2.32. The monoisotopic (exact) mass is 365 g/mol. The fourth-order valence-electron chi connectivity index (χ4n) is 5.58. The van der Waals surface area contributed by atoms with Gasteiger partial charge in [-0.25, -0.2) is 0 Å². The number of benzene rings is 1. The van der Waals surface area contributed by atoms with Crippen LogP contribution >= 0.6 is 0 Å². The second-order valence-corrected chi connectivity index (χ2v) is 9.41. The Labute approximate surface area is 167 Å². The van der Waals surface area contributed by atoms with Gasteiger partial charge in [0.15, 0.2) is 0 Å². The van der Waals surface area contributed by atoms with Gasteiger partial charge in [0.2, 0.25) is 0 Å². The van der Waals surface area contributed by atoms with Crippen molar-refractivity contribution in [3.8, 4) is 6.07 Å². The number of rotatable bonds is 8. The summed E-state index contributed by atoms with van der Waals surface area (Å²) >= 11 is 0. The van der Waals surface area contributed by atoms with Gasteiger partial charge in [0.05, 0.1) is 11.6 Å². The molecule has 2 aliphatic rings. The Morgan fingerprint density at radius 2 is 1.26 bits per heavy atom. The molecule has 2 aliphatic carbocycles. The molecule has 1 heteroatoms. The maximum atomic E-state index is 8.95. The van der Waals surface area contributed by atoms with E-state index in [-0.39, 0.29) is 0 Å². The van der Waals surface area contributed by atoms with Gasteiger partial charge in [0.25, 0.3) is 0 Å². The van der Waals surface area contributed by atoms with Crippen molar-refractivity contribution in [2.45, 2.75) is 103 Å². The highest BCUT2D eigenvalue weighted by Gasteiger charge is 2.25. The zero-order valence-corrected chi connectivity index (χ0v) is 17.5. The van der Waals surface area contributed by atoms with Crippen LogP contribution in [-0.4, -0.2) is 0 Å². The Bertz CT molecular complexity index is 565. The molecule has 1 aromatic rings. The van der Waals surface area contributed by atoms with Crippen molar-refractivity contribution < 1.29 is 0 Å². The maximum absolute atomic E-state index is 8.95. The minimum Gasteiger partial charge on any atom is -0.192 e. The number of nitrogens with zero attached hydrogens (tertiary/aromatic N) is 1. The lowest BCUT2D eigenvalue weighted by molar-refractivity contribution is 0.222. The van der Waals surface area contributed by atoms with Gasteiger partial charge in [-0.1, -0.05) is 83.3 Å². The van der Waals surface area contributed by atoms with Crippen LogP contribution in [0.3, 0.4) is 0 Å². The van der Waals surface area contributed by atoms with E-state index in [9.17, 15) is 0 Å². The zero-order valence-electron chi connectivity index (χ0n) is 17.5. The molecule has 0 amide bonds. The van der Waals surface area contributed by atoms with Crippen molar-refractivity contribution in [3.05, 3.63) is 35.4 Å². The van der Waals surface area contributed by atoms with Crippen molar-refractivity contribution >= 4 is 0 Å². The molecule has 148 valence electrons. The average molecular weight is 366 g/mol. The second kappa shape index (κ2) is 10.9. The molecule has 2 fully saturated rings. The smallest absolute Gasteiger partial charge is 0.0991 e. The number of nitriles is 1. The van der Waals surface area contributed by atoms with E-state index in [2.05, 4.69) is 25.1 Å². The topological polar surface area (TPSA) is 23.8 Å². The summed E-state index contributed by atoms with van der Waals surface area (Å²) < 4.78 is 0. The van der Waals surface area contributed by atoms with E-state index in [1.807, 2.05) is 12.1 Å². The van der Waals surface area contributed by atoms with Gasteiger partial charge in [0, 0.05) is 0 Å². The molecule has 0 aliphatic heterocycles. The van der Waals surface area contributed by atoms with Gasteiger partial charge in [-0.05, 0) is 67.1 Å². The Morgan fingerprint density at radius 3 is 1.78 bits per heavy atom. The number of unbranched alkanes of at least 4 members (excludes halogenated alkanes) is 2. The third-order valence-corrected chi connectivity index (χ3v) is 7.52. The molecule has 0 heterocycles. The summed E-state index contributed by atoms with van der Waals surface area (Å²) in [6.07, 6.45) is 20.3. The lowest BCUT2D eigenvalue weighted by Crippen LogP contribution is -2.17. The molecule has 1 aromatic carbocycles. The molecule has 27 heavy (non-hydrogen) atoms. The normalized spacial score (nSPS) is 28.6. The van der Waals surface area contributed by atoms with Crippen LogP contribution in [-0.2, 0) is 0 Å². The summed E-state index contributed by atoms with van der Waals surface area (Å²) in [5.41, 5.74) is 2.24. The minimum atomic E-state index is 0.729. The van der Waals surface area contributed by atoms with Crippen LogP contribution in [0.5, 0.6) is 0 Å². The summed E-state index contributed by atoms with van der Waals surface area (Å²) in [5.74, 6) is 3.79. The SMILES string of the molecule is CCCCC[C@H]1CC[C@H](CC[C@H]2CC[C@H](c3ccc(C#N)cc3)CC2)CC1. The number of hydrogen-bond donors (Lipinski definition) is 0. The van der Waals surface area contributed by atoms with E-state index >= 15 is 0 Å². The molecular formula is C26H39N. The van der Waals surface area contributed by atoms with E-state index in [1.165, 1.54) is 95.5 Å². The Kier molecular flexibility index (Phi) is 8.25. The largest absolute Gasteiger partial charge is 0.192 e. The van der Waals surface area contributed by atoms with Crippen molar-refractivity contribution in [2.24, 2.45) is 17.8 Å². The maximum Gasteiger partial charge on any atom is 0.0991 e. The summed E-state index contributed by atoms with van der Waals surface area (Å²) in [5, 5.41) is 8.95. The van der Waals surface area contributed by atoms with Gasteiger partial charge >= 0.3 is 0 Å². The van der Waals surface area contributed by atoms with Crippen molar-refractivity contribution in [2.75, 3.05) is 0 Å². The standard InChI is InChI=1S/C26H39N/c1-2-3-4-5-21-6-8-22(9-7-21)10-11-23-12-16-25(17-13-23)26-18-14-24(20-27)15-19-26/h14-15,18-19,21-23,25H,2-13,16-17H2,1H3/t21-,22-,23-,25-. The molecule has 0 N–H and O–H groups in total. The van der Waals surface area contributed by atoms with Gasteiger partial charge in [-0.3, -0.25) is 0 Å². The summed E-state index contributed by atoms with van der Waals surface area (Å²) in [6.45, 7) is 2.31. The average Bonchev–Trinajstić information content (AvgIpc) is 2.74. The van der Waals surface area contributed by atoms with E-state index in [1.54, 1.807) is 0 Å². The van der Waals surface area contributed by atoms with Crippen LogP contribution in [0.25, 0.3) is 0 Å². The van der Waals surface area contributed by atoms with Crippen molar-refractivity contribution in [3.63, 3.8) is 0 Å². The Morgan fingerprint density at radius 1 is 0.741 bits per heavy atom. The Hall–Kier alpha value is -1.29. The first-order valence-corrected chi connectivity index (χ1v) is 11.8. The summed E-state index contributed by atoms with van der Waals surface area (Å²) in [4.78, 5) is 0. The van der Waals surface area contributed by atoms with Gasteiger partial charge in [0.1, 0.15) is 0 Å². The predicted octanol–water partition coefficient (Wildman–Crippen LogP) is 8.00. The highest BCUT2D eigenvalue weighted by Crippen LogP contribution is 2.40. The fourth-order valence-corrected chi connectivity index (χ4v) is 5.58. The van der Waals surface area contributed by atoms with Gasteiger partial charge < -0.3 is 0 Å². The van der Waals surface area contributed by atoms with Crippen LogP contribution < -0.4 is 0 Å². The highest BCUT2D eigenvalue weighted by atomic mass is 14.3. The minimum absolute atomic E-state index is 0.729. The molecule has 3 rings (SSSR count). The molecule has 0 saturated heterocycles. The molecule has 0 radical (unpaired) electrons. The lowest BCUT2D eigenvalue weighted by atomic mass is 9.74. The first-order chi connectivity index (χ1) is 13.3. The van der Waals surface area contributed by atoms with E-state index in [0.717, 1.165) is 29.2 Å². The van der Waals surface area contributed by atoms with Gasteiger partial charge in [-0.2, -0.15) is 5.26 Å². The molecule has 0 aromatic heterocycles. The van der Waals surface area contributed by atoms with Crippen LogP contribution in [0.1, 0.15) is 114 Å². The van der Waals surface area contributed by atoms with E-state index < -0.39 is 0 Å². The molecule has 1 nitrogen and oxygen atoms in total. The number of hydrogen-bond acceptors (Lipinski definition) is 1. The van der Waals surface area contributed by atoms with Crippen molar-refractivity contribution in [1.29, 1.82) is 5.26 Å². The molecule has 2 saturated carbocycles. The quantitative estimate of drug-likeness (QED) is 0.428. The third kappa shape index (κ3) is 6.38. The fraction of sp³-hybridized carbons (Fsp3) is 0.731. The Balaban J connectivity index is 1.31. The predicted molar refractivity (Wildman–Crippen MR) is 115 cm³/mol. The first kappa shape index (κ1) is 20.4. The first-order valence-electron chi connectivity index (χ1n) is 11.8. The van der Waals surface area contributed by atoms with E-state index in [0.29, 0.717) is 0 Å². The molecule has 0 spiro atoms. The molecule has 0 atom stereocenters. The van der Waals surface area contributed by atoms with Crippen LogP contribution in [0.15, 0.2) is 24.3 Å². The zero-order chi connectivity index (χ0) is 18.9. The van der Waals surface area contributed by atoms with Crippen LogP contribution in [0.2, 0.25) is 0 Å². The van der Waals surface area contributed by atoms with E-state index in [4.69, 9.17) is 5.26 Å². The third-order valence-electron chi connectivity index (χ3n) is 7.52. The highest BCUT2D eigenvalue weighted by molar-refractivity contribution is 5.33. The molecule has 0 unspecified atom stereocenters. The van der Waals surface area contributed by atoms with Crippen molar-refractivity contribution in [1.82, 2.24) is 0 Å². The summed E-state index contributed by atoms with van der Waals surface area (Å²) in [7, 11) is 0. The molecular weight excluding hydrogens is 326 g/mol. The second-order valence-electron chi connectivity index (χ2n) is 9.41.